The van der Waals surface area contributed by atoms with Gasteiger partial charge in [-0.15, -0.1) is 0 Å². The van der Waals surface area contributed by atoms with E-state index in [-0.39, 0.29) is 0 Å². The molecule has 1 N–H and O–H groups in total. The zero-order chi connectivity index (χ0) is 18.9. The zero-order valence-corrected chi connectivity index (χ0v) is 16.7. The normalized spacial score (nSPS) is 16.8. The summed E-state index contributed by atoms with van der Waals surface area (Å²) in [7, 11) is 0. The Morgan fingerprint density at radius 3 is 2.70 bits per heavy atom. The van der Waals surface area contributed by atoms with Gasteiger partial charge in [0.1, 0.15) is 5.76 Å². The van der Waals surface area contributed by atoms with Crippen molar-refractivity contribution in [2.75, 3.05) is 6.61 Å². The van der Waals surface area contributed by atoms with Crippen LogP contribution in [-0.2, 0) is 11.2 Å². The molecule has 2 heteroatoms. The Hall–Kier alpha value is -2.22. The Morgan fingerprint density at radius 2 is 1.96 bits per heavy atom. The number of allylic oxidation sites excluding steroid dienone is 3. The van der Waals surface area contributed by atoms with Crippen molar-refractivity contribution in [2.45, 2.75) is 58.3 Å². The van der Waals surface area contributed by atoms with Crippen LogP contribution in [0.25, 0.3) is 6.08 Å². The summed E-state index contributed by atoms with van der Waals surface area (Å²) in [5.74, 6) is 1.96. The maximum atomic E-state index is 5.92. The predicted octanol–water partition coefficient (Wildman–Crippen LogP) is 6.52. The number of nitrogens with one attached hydrogen (secondary N) is 1. The van der Waals surface area contributed by atoms with E-state index in [4.69, 9.17) is 4.74 Å². The minimum absolute atomic E-state index is 0.775. The average molecular weight is 364 g/mol. The summed E-state index contributed by atoms with van der Waals surface area (Å²) in [4.78, 5) is 0. The van der Waals surface area contributed by atoms with E-state index < -0.39 is 0 Å². The standard InChI is InChI=1S/C25H33NO/c1-3-4-19-27-25-8-6-5-7-24(25)26-20(2)9-10-21-11-13-22(14-12-21)15-16-23-17-18-23/h7-14,23,26H,2-6,15-19H2,1H3/b10-9+. The number of unbranched alkanes of at least 4 members (excludes halogenated alkanes) is 1. The number of ether oxygens (including phenoxy) is 1. The molecule has 0 aromatic heterocycles. The van der Waals surface area contributed by atoms with E-state index >= 15 is 0 Å². The van der Waals surface area contributed by atoms with Crippen molar-refractivity contribution in [3.05, 3.63) is 77.4 Å². The lowest BCUT2D eigenvalue weighted by Gasteiger charge is -2.19. The number of aryl methyl sites for hydroxylation is 1. The number of hydrogen-bond donors (Lipinski definition) is 1. The van der Waals surface area contributed by atoms with Crippen LogP contribution in [0.4, 0.5) is 0 Å². The molecule has 144 valence electrons. The van der Waals surface area contributed by atoms with Crippen molar-refractivity contribution in [3.63, 3.8) is 0 Å². The first-order valence-electron chi connectivity index (χ1n) is 10.5. The van der Waals surface area contributed by atoms with Gasteiger partial charge in [-0.25, -0.2) is 0 Å². The van der Waals surface area contributed by atoms with Gasteiger partial charge in [-0.1, -0.05) is 69.2 Å². The third kappa shape index (κ3) is 6.78. The maximum Gasteiger partial charge on any atom is 0.138 e. The molecule has 27 heavy (non-hydrogen) atoms. The van der Waals surface area contributed by atoms with Gasteiger partial charge in [-0.05, 0) is 61.3 Å². The van der Waals surface area contributed by atoms with Crippen LogP contribution in [0, 0.1) is 5.92 Å². The van der Waals surface area contributed by atoms with Crippen LogP contribution in [-0.4, -0.2) is 6.61 Å². The van der Waals surface area contributed by atoms with Crippen molar-refractivity contribution >= 4 is 6.08 Å². The molecule has 1 saturated carbocycles. The van der Waals surface area contributed by atoms with E-state index in [0.717, 1.165) is 55.4 Å². The molecule has 1 aromatic carbocycles. The molecule has 0 heterocycles. The van der Waals surface area contributed by atoms with Gasteiger partial charge >= 0.3 is 0 Å². The first-order chi connectivity index (χ1) is 13.2. The highest BCUT2D eigenvalue weighted by Crippen LogP contribution is 2.33. The predicted molar refractivity (Wildman–Crippen MR) is 115 cm³/mol. The second kappa shape index (κ2) is 10.2. The van der Waals surface area contributed by atoms with Gasteiger partial charge < -0.3 is 10.1 Å². The monoisotopic (exact) mass is 363 g/mol. The smallest absolute Gasteiger partial charge is 0.138 e. The molecule has 2 nitrogen and oxygen atoms in total. The Morgan fingerprint density at radius 1 is 1.19 bits per heavy atom. The highest BCUT2D eigenvalue weighted by molar-refractivity contribution is 5.53. The van der Waals surface area contributed by atoms with Crippen LogP contribution in [0.5, 0.6) is 0 Å². The topological polar surface area (TPSA) is 21.3 Å². The third-order valence-electron chi connectivity index (χ3n) is 5.16. The van der Waals surface area contributed by atoms with Gasteiger partial charge in [0.2, 0.25) is 0 Å². The van der Waals surface area contributed by atoms with Crippen molar-refractivity contribution in [1.29, 1.82) is 0 Å². The summed E-state index contributed by atoms with van der Waals surface area (Å²) in [6, 6.07) is 8.91. The second-order valence-corrected chi connectivity index (χ2v) is 7.67. The van der Waals surface area contributed by atoms with E-state index in [1.165, 1.54) is 36.8 Å². The van der Waals surface area contributed by atoms with Gasteiger partial charge in [0.25, 0.3) is 0 Å². The number of rotatable bonds is 11. The summed E-state index contributed by atoms with van der Waals surface area (Å²) in [5.41, 5.74) is 4.58. The highest BCUT2D eigenvalue weighted by atomic mass is 16.5. The lowest BCUT2D eigenvalue weighted by molar-refractivity contribution is 0.210. The molecule has 0 atom stereocenters. The summed E-state index contributed by atoms with van der Waals surface area (Å²) < 4.78 is 5.92. The largest absolute Gasteiger partial charge is 0.492 e. The van der Waals surface area contributed by atoms with Crippen molar-refractivity contribution in [1.82, 2.24) is 5.32 Å². The average Bonchev–Trinajstić information content (AvgIpc) is 3.52. The van der Waals surface area contributed by atoms with Crippen molar-refractivity contribution < 1.29 is 4.74 Å². The fourth-order valence-electron chi connectivity index (χ4n) is 3.21. The lowest BCUT2D eigenvalue weighted by atomic mass is 10.1. The molecule has 0 radical (unpaired) electrons. The molecule has 0 spiro atoms. The molecular formula is C25H33NO. The first-order valence-corrected chi connectivity index (χ1v) is 10.5. The third-order valence-corrected chi connectivity index (χ3v) is 5.16. The Bertz CT molecular complexity index is 704. The van der Waals surface area contributed by atoms with Gasteiger partial charge in [-0.2, -0.15) is 0 Å². The van der Waals surface area contributed by atoms with Crippen molar-refractivity contribution in [3.8, 4) is 0 Å². The maximum absolute atomic E-state index is 5.92. The Kier molecular flexibility index (Phi) is 7.38. The highest BCUT2D eigenvalue weighted by Gasteiger charge is 2.20. The van der Waals surface area contributed by atoms with Crippen LogP contribution < -0.4 is 5.32 Å². The minimum Gasteiger partial charge on any atom is -0.492 e. The lowest BCUT2D eigenvalue weighted by Crippen LogP contribution is -2.16. The summed E-state index contributed by atoms with van der Waals surface area (Å²) in [6.45, 7) is 7.10. The van der Waals surface area contributed by atoms with E-state index in [2.05, 4.69) is 61.3 Å². The summed E-state index contributed by atoms with van der Waals surface area (Å²) in [5, 5.41) is 3.40. The zero-order valence-electron chi connectivity index (χ0n) is 16.7. The van der Waals surface area contributed by atoms with Crippen LogP contribution >= 0.6 is 0 Å². The van der Waals surface area contributed by atoms with Crippen LogP contribution in [0.15, 0.2) is 66.2 Å². The molecule has 1 aromatic rings. The molecule has 0 amide bonds. The molecular weight excluding hydrogens is 330 g/mol. The van der Waals surface area contributed by atoms with E-state index in [9.17, 15) is 0 Å². The molecule has 0 unspecified atom stereocenters. The molecule has 0 aliphatic heterocycles. The first kappa shape index (κ1) is 19.5. The van der Waals surface area contributed by atoms with Crippen LogP contribution in [0.1, 0.15) is 63.0 Å². The van der Waals surface area contributed by atoms with Gasteiger partial charge in [0, 0.05) is 5.70 Å². The number of benzene rings is 1. The van der Waals surface area contributed by atoms with Crippen LogP contribution in [0.2, 0.25) is 0 Å². The molecule has 1 fully saturated rings. The van der Waals surface area contributed by atoms with Gasteiger partial charge in [0.05, 0.1) is 12.3 Å². The fraction of sp³-hybridized carbons (Fsp3) is 0.440. The summed E-state index contributed by atoms with van der Waals surface area (Å²) >= 11 is 0. The molecule has 0 saturated heterocycles. The second-order valence-electron chi connectivity index (χ2n) is 7.67. The van der Waals surface area contributed by atoms with E-state index in [1.54, 1.807) is 0 Å². The fourth-order valence-corrected chi connectivity index (χ4v) is 3.21. The molecule has 2 aliphatic rings. The quantitative estimate of drug-likeness (QED) is 0.357. The van der Waals surface area contributed by atoms with E-state index in [0.29, 0.717) is 0 Å². The van der Waals surface area contributed by atoms with Gasteiger partial charge in [-0.3, -0.25) is 0 Å². The van der Waals surface area contributed by atoms with E-state index in [1.807, 2.05) is 6.08 Å². The molecule has 3 rings (SSSR count). The summed E-state index contributed by atoms with van der Waals surface area (Å²) in [6.07, 6.45) is 18.3. The Labute approximate surface area is 164 Å². The Balaban J connectivity index is 1.48. The molecule has 0 bridgehead atoms. The van der Waals surface area contributed by atoms with Crippen LogP contribution in [0.3, 0.4) is 0 Å². The van der Waals surface area contributed by atoms with Crippen molar-refractivity contribution in [2.24, 2.45) is 5.92 Å². The van der Waals surface area contributed by atoms with Gasteiger partial charge in [0.15, 0.2) is 0 Å². The SMILES string of the molecule is C=C(/C=C/c1ccc(CCC2CC2)cc1)NC1=CCCC=C1OCCCC. The number of hydrogen-bond acceptors (Lipinski definition) is 2. The minimum atomic E-state index is 0.775. The molecule has 2 aliphatic carbocycles.